The molecular formula is C18H27N3O2. The van der Waals surface area contributed by atoms with Gasteiger partial charge in [0, 0.05) is 45.0 Å². The van der Waals surface area contributed by atoms with Crippen molar-refractivity contribution in [3.63, 3.8) is 0 Å². The minimum absolute atomic E-state index is 0.0729. The summed E-state index contributed by atoms with van der Waals surface area (Å²) in [5.41, 5.74) is 0.862. The molecule has 1 aromatic rings. The van der Waals surface area contributed by atoms with Crippen molar-refractivity contribution in [2.24, 2.45) is 0 Å². The fraction of sp³-hybridized carbons (Fsp3) is 0.611. The molecule has 126 valence electrons. The summed E-state index contributed by atoms with van der Waals surface area (Å²) < 4.78 is 5.72. The lowest BCUT2D eigenvalue weighted by Crippen LogP contribution is -2.53. The van der Waals surface area contributed by atoms with E-state index in [1.165, 1.54) is 12.8 Å². The van der Waals surface area contributed by atoms with E-state index >= 15 is 0 Å². The summed E-state index contributed by atoms with van der Waals surface area (Å²) in [7, 11) is 0. The zero-order valence-corrected chi connectivity index (χ0v) is 13.9. The maximum atomic E-state index is 12.4. The minimum atomic E-state index is -0.0971. The van der Waals surface area contributed by atoms with Gasteiger partial charge in [-0.1, -0.05) is 18.2 Å². The molecule has 3 rings (SSSR count). The molecule has 0 aromatic heterocycles. The Morgan fingerprint density at radius 3 is 2.65 bits per heavy atom. The summed E-state index contributed by atoms with van der Waals surface area (Å²) in [5, 5.41) is 2.99. The first-order chi connectivity index (χ1) is 11.2. The van der Waals surface area contributed by atoms with Gasteiger partial charge in [0.25, 0.3) is 0 Å². The maximum Gasteiger partial charge on any atom is 0.241 e. The summed E-state index contributed by atoms with van der Waals surface area (Å²) in [4.78, 5) is 17.1. The molecule has 1 aromatic carbocycles. The summed E-state index contributed by atoms with van der Waals surface area (Å²) in [5.74, 6) is 0.0729. The molecule has 2 aliphatic rings. The van der Waals surface area contributed by atoms with E-state index in [4.69, 9.17) is 4.74 Å². The van der Waals surface area contributed by atoms with Gasteiger partial charge in [-0.05, 0) is 31.9 Å². The first-order valence-electron chi connectivity index (χ1n) is 8.66. The predicted octanol–water partition coefficient (Wildman–Crippen LogP) is 1.81. The van der Waals surface area contributed by atoms with Crippen LogP contribution in [0.1, 0.15) is 19.8 Å². The number of benzene rings is 1. The second-order valence-electron chi connectivity index (χ2n) is 6.50. The van der Waals surface area contributed by atoms with Crippen molar-refractivity contribution in [1.82, 2.24) is 9.80 Å². The molecule has 1 N–H and O–H groups in total. The number of ether oxygens (including phenoxy) is 1. The molecule has 2 aliphatic heterocycles. The first-order valence-corrected chi connectivity index (χ1v) is 8.66. The van der Waals surface area contributed by atoms with Crippen LogP contribution in [0.2, 0.25) is 0 Å². The van der Waals surface area contributed by atoms with Crippen molar-refractivity contribution in [2.45, 2.75) is 31.9 Å². The van der Waals surface area contributed by atoms with Gasteiger partial charge >= 0.3 is 0 Å². The van der Waals surface area contributed by atoms with Crippen molar-refractivity contribution in [3.05, 3.63) is 30.3 Å². The molecule has 5 heteroatoms. The number of amides is 1. The Labute approximate surface area is 138 Å². The second kappa shape index (κ2) is 7.90. The lowest BCUT2D eigenvalue weighted by molar-refractivity contribution is -0.121. The zero-order chi connectivity index (χ0) is 16.1. The summed E-state index contributed by atoms with van der Waals surface area (Å²) in [6, 6.07) is 9.56. The number of nitrogens with one attached hydrogen (secondary N) is 1. The number of carbonyl (C=O) groups excluding carboxylic acids is 1. The molecule has 2 fully saturated rings. The molecule has 0 saturated carbocycles. The van der Waals surface area contributed by atoms with Crippen LogP contribution in [0.3, 0.4) is 0 Å². The number of para-hydroxylation sites is 1. The third-order valence-corrected chi connectivity index (χ3v) is 4.86. The average molecular weight is 317 g/mol. The molecule has 2 atom stereocenters. The largest absolute Gasteiger partial charge is 0.377 e. The van der Waals surface area contributed by atoms with E-state index in [0.717, 1.165) is 45.0 Å². The second-order valence-corrected chi connectivity index (χ2v) is 6.50. The van der Waals surface area contributed by atoms with Crippen LogP contribution in [0, 0.1) is 0 Å². The van der Waals surface area contributed by atoms with Gasteiger partial charge in [0.2, 0.25) is 5.91 Å². The lowest BCUT2D eigenvalue weighted by Gasteiger charge is -2.38. The van der Waals surface area contributed by atoms with E-state index in [-0.39, 0.29) is 11.9 Å². The summed E-state index contributed by atoms with van der Waals surface area (Å²) >= 11 is 0. The monoisotopic (exact) mass is 317 g/mol. The van der Waals surface area contributed by atoms with Gasteiger partial charge in [-0.2, -0.15) is 0 Å². The van der Waals surface area contributed by atoms with Crippen LogP contribution in [0.4, 0.5) is 5.69 Å². The van der Waals surface area contributed by atoms with Crippen molar-refractivity contribution >= 4 is 11.6 Å². The molecular weight excluding hydrogens is 290 g/mol. The highest BCUT2D eigenvalue weighted by molar-refractivity contribution is 5.94. The van der Waals surface area contributed by atoms with Gasteiger partial charge in [0.1, 0.15) is 0 Å². The normalized spacial score (nSPS) is 24.5. The Morgan fingerprint density at radius 1 is 1.26 bits per heavy atom. The van der Waals surface area contributed by atoms with Crippen LogP contribution in [0.25, 0.3) is 0 Å². The summed E-state index contributed by atoms with van der Waals surface area (Å²) in [6.07, 6.45) is 2.80. The number of hydrogen-bond acceptors (Lipinski definition) is 4. The van der Waals surface area contributed by atoms with E-state index in [9.17, 15) is 4.79 Å². The van der Waals surface area contributed by atoms with Gasteiger partial charge in [-0.25, -0.2) is 0 Å². The average Bonchev–Trinajstić information content (AvgIpc) is 3.09. The quantitative estimate of drug-likeness (QED) is 0.900. The van der Waals surface area contributed by atoms with E-state index in [0.29, 0.717) is 6.10 Å². The highest BCUT2D eigenvalue weighted by Gasteiger charge is 2.27. The fourth-order valence-corrected chi connectivity index (χ4v) is 3.34. The highest BCUT2D eigenvalue weighted by atomic mass is 16.5. The Balaban J connectivity index is 1.44. The first kappa shape index (κ1) is 16.4. The fourth-order valence-electron chi connectivity index (χ4n) is 3.34. The van der Waals surface area contributed by atoms with Gasteiger partial charge in [0.15, 0.2) is 0 Å². The highest BCUT2D eigenvalue weighted by Crippen LogP contribution is 2.15. The van der Waals surface area contributed by atoms with Crippen LogP contribution >= 0.6 is 0 Å². The molecule has 2 unspecified atom stereocenters. The zero-order valence-electron chi connectivity index (χ0n) is 13.9. The number of rotatable bonds is 5. The molecule has 5 nitrogen and oxygen atoms in total. The van der Waals surface area contributed by atoms with E-state index < -0.39 is 0 Å². The van der Waals surface area contributed by atoms with Gasteiger partial charge in [0.05, 0.1) is 12.1 Å². The van der Waals surface area contributed by atoms with Crippen LogP contribution in [-0.2, 0) is 9.53 Å². The van der Waals surface area contributed by atoms with E-state index in [1.807, 2.05) is 37.3 Å². The van der Waals surface area contributed by atoms with Crippen molar-refractivity contribution < 1.29 is 9.53 Å². The minimum Gasteiger partial charge on any atom is -0.377 e. The van der Waals surface area contributed by atoms with Gasteiger partial charge < -0.3 is 10.1 Å². The van der Waals surface area contributed by atoms with E-state index in [1.54, 1.807) is 0 Å². The van der Waals surface area contributed by atoms with Crippen molar-refractivity contribution in [1.29, 1.82) is 0 Å². The van der Waals surface area contributed by atoms with Gasteiger partial charge in [-0.3, -0.25) is 14.6 Å². The number of anilines is 1. The number of piperazine rings is 1. The Bertz CT molecular complexity index is 494. The van der Waals surface area contributed by atoms with Crippen LogP contribution in [0.5, 0.6) is 0 Å². The molecule has 2 saturated heterocycles. The SMILES string of the molecule is CC(C(=O)Nc1ccccc1)N1CCN(CC2CCCO2)CC1. The Hall–Kier alpha value is -1.43. The van der Waals surface area contributed by atoms with Gasteiger partial charge in [-0.15, -0.1) is 0 Å². The molecule has 2 heterocycles. The Kier molecular flexibility index (Phi) is 5.65. The van der Waals surface area contributed by atoms with Crippen molar-refractivity contribution in [3.8, 4) is 0 Å². The molecule has 0 bridgehead atoms. The Morgan fingerprint density at radius 2 is 2.00 bits per heavy atom. The third-order valence-electron chi connectivity index (χ3n) is 4.86. The molecule has 23 heavy (non-hydrogen) atoms. The molecule has 0 radical (unpaired) electrons. The van der Waals surface area contributed by atoms with E-state index in [2.05, 4.69) is 15.1 Å². The van der Waals surface area contributed by atoms with Crippen LogP contribution < -0.4 is 5.32 Å². The molecule has 0 aliphatic carbocycles. The van der Waals surface area contributed by atoms with Crippen LogP contribution in [-0.4, -0.2) is 67.2 Å². The third kappa shape index (κ3) is 4.53. The van der Waals surface area contributed by atoms with Crippen molar-refractivity contribution in [2.75, 3.05) is 44.6 Å². The number of hydrogen-bond donors (Lipinski definition) is 1. The lowest BCUT2D eigenvalue weighted by atomic mass is 10.2. The number of carbonyl (C=O) groups is 1. The molecule has 1 amide bonds. The topological polar surface area (TPSA) is 44.8 Å². The standard InChI is InChI=1S/C18H27N3O2/c1-15(18(22)19-16-6-3-2-4-7-16)21-11-9-20(10-12-21)14-17-8-5-13-23-17/h2-4,6-7,15,17H,5,8-14H2,1H3,(H,19,22). The van der Waals surface area contributed by atoms with Crippen LogP contribution in [0.15, 0.2) is 30.3 Å². The summed E-state index contributed by atoms with van der Waals surface area (Å²) in [6.45, 7) is 7.87. The molecule has 0 spiro atoms. The number of nitrogens with zero attached hydrogens (tertiary/aromatic N) is 2. The maximum absolute atomic E-state index is 12.4. The smallest absolute Gasteiger partial charge is 0.241 e. The predicted molar refractivity (Wildman–Crippen MR) is 91.5 cm³/mol.